The molecule has 0 aliphatic heterocycles. The molecule has 0 heterocycles. The topological polar surface area (TPSA) is 90.7 Å². The van der Waals surface area contributed by atoms with Gasteiger partial charge in [0.15, 0.2) is 5.96 Å². The molecule has 0 bridgehead atoms. The Balaban J connectivity index is 2.73. The van der Waals surface area contributed by atoms with Gasteiger partial charge in [-0.25, -0.2) is 9.79 Å². The van der Waals surface area contributed by atoms with Gasteiger partial charge in [0.1, 0.15) is 6.10 Å². The van der Waals surface area contributed by atoms with E-state index in [0.29, 0.717) is 11.3 Å². The Morgan fingerprint density at radius 2 is 1.78 bits per heavy atom. The zero-order valence-electron chi connectivity index (χ0n) is 10.7. The van der Waals surface area contributed by atoms with Crippen molar-refractivity contribution in [2.24, 2.45) is 16.5 Å². The molecule has 5 heteroatoms. The molecule has 0 unspecified atom stereocenters. The Morgan fingerprint density at radius 1 is 1.22 bits per heavy atom. The fraction of sp³-hybridized carbons (Fsp3) is 0.385. The van der Waals surface area contributed by atoms with E-state index in [0.717, 1.165) is 12.8 Å². The molecule has 0 saturated heterocycles. The Labute approximate surface area is 107 Å². The predicted octanol–water partition coefficient (Wildman–Crippen LogP) is 1.94. The van der Waals surface area contributed by atoms with Gasteiger partial charge >= 0.3 is 5.97 Å². The molecule has 0 saturated carbocycles. The van der Waals surface area contributed by atoms with Gasteiger partial charge < -0.3 is 16.2 Å². The van der Waals surface area contributed by atoms with Crippen LogP contribution in [-0.4, -0.2) is 18.0 Å². The molecule has 1 rings (SSSR count). The monoisotopic (exact) mass is 249 g/mol. The summed E-state index contributed by atoms with van der Waals surface area (Å²) in [5.74, 6) is -0.331. The molecule has 0 radical (unpaired) electrons. The van der Waals surface area contributed by atoms with E-state index in [1.54, 1.807) is 24.3 Å². The summed E-state index contributed by atoms with van der Waals surface area (Å²) >= 11 is 0. The minimum atomic E-state index is -0.319. The maximum absolute atomic E-state index is 11.8. The molecule has 5 nitrogen and oxygen atoms in total. The number of rotatable bonds is 5. The summed E-state index contributed by atoms with van der Waals surface area (Å²) in [5, 5.41) is 0. The van der Waals surface area contributed by atoms with Crippen molar-refractivity contribution in [3.05, 3.63) is 29.8 Å². The van der Waals surface area contributed by atoms with Crippen LogP contribution < -0.4 is 11.5 Å². The fourth-order valence-corrected chi connectivity index (χ4v) is 1.50. The van der Waals surface area contributed by atoms with Crippen molar-refractivity contribution in [1.82, 2.24) is 0 Å². The Hall–Kier alpha value is -2.04. The van der Waals surface area contributed by atoms with Gasteiger partial charge in [-0.1, -0.05) is 13.8 Å². The highest BCUT2D eigenvalue weighted by molar-refractivity contribution is 5.90. The lowest BCUT2D eigenvalue weighted by molar-refractivity contribution is 0.0284. The van der Waals surface area contributed by atoms with Crippen molar-refractivity contribution in [2.45, 2.75) is 32.8 Å². The Bertz CT molecular complexity index is 418. The van der Waals surface area contributed by atoms with Gasteiger partial charge in [0.2, 0.25) is 0 Å². The maximum atomic E-state index is 11.8. The van der Waals surface area contributed by atoms with Crippen LogP contribution in [0.25, 0.3) is 0 Å². The van der Waals surface area contributed by atoms with Crippen LogP contribution in [0.4, 0.5) is 5.69 Å². The van der Waals surface area contributed by atoms with Crippen molar-refractivity contribution >= 4 is 17.6 Å². The largest absolute Gasteiger partial charge is 0.459 e. The molecule has 98 valence electrons. The average Bonchev–Trinajstić information content (AvgIpc) is 2.35. The summed E-state index contributed by atoms with van der Waals surface area (Å²) in [6.07, 6.45) is 1.60. The van der Waals surface area contributed by atoms with Crippen LogP contribution in [0.2, 0.25) is 0 Å². The summed E-state index contributed by atoms with van der Waals surface area (Å²) in [6.45, 7) is 3.98. The van der Waals surface area contributed by atoms with Crippen LogP contribution >= 0.6 is 0 Å². The number of carbonyl (C=O) groups excluding carboxylic acids is 1. The van der Waals surface area contributed by atoms with E-state index in [9.17, 15) is 4.79 Å². The van der Waals surface area contributed by atoms with Gasteiger partial charge in [-0.3, -0.25) is 0 Å². The van der Waals surface area contributed by atoms with E-state index in [1.165, 1.54) is 0 Å². The minimum absolute atomic E-state index is 0.0117. The van der Waals surface area contributed by atoms with Crippen LogP contribution in [0.3, 0.4) is 0 Å². The molecule has 18 heavy (non-hydrogen) atoms. The number of hydrogen-bond donors (Lipinski definition) is 2. The molecule has 0 aliphatic carbocycles. The summed E-state index contributed by atoms with van der Waals surface area (Å²) in [6, 6.07) is 6.63. The van der Waals surface area contributed by atoms with E-state index >= 15 is 0 Å². The Kier molecular flexibility index (Phi) is 5.17. The number of nitrogens with two attached hydrogens (primary N) is 2. The summed E-state index contributed by atoms with van der Waals surface area (Å²) in [7, 11) is 0. The third-order valence-corrected chi connectivity index (χ3v) is 2.55. The minimum Gasteiger partial charge on any atom is -0.459 e. The van der Waals surface area contributed by atoms with Crippen LogP contribution in [-0.2, 0) is 4.74 Å². The van der Waals surface area contributed by atoms with Crippen molar-refractivity contribution in [2.75, 3.05) is 0 Å². The molecular formula is C13H19N3O2. The highest BCUT2D eigenvalue weighted by Crippen LogP contribution is 2.14. The molecule has 0 amide bonds. The molecule has 0 spiro atoms. The van der Waals surface area contributed by atoms with Gasteiger partial charge in [-0.15, -0.1) is 0 Å². The standard InChI is InChI=1S/C13H19N3O2/c1-3-11(4-2)18-12(17)9-5-7-10(8-6-9)16-13(14)15/h5-8,11H,3-4H2,1-2H3,(H4,14,15,16). The van der Waals surface area contributed by atoms with Gasteiger partial charge in [0.25, 0.3) is 0 Å². The molecule has 4 N–H and O–H groups in total. The SMILES string of the molecule is CCC(CC)OC(=O)c1ccc(N=C(N)N)cc1. The Morgan fingerprint density at radius 3 is 2.22 bits per heavy atom. The second-order valence-corrected chi connectivity index (χ2v) is 3.93. The number of guanidine groups is 1. The second-order valence-electron chi connectivity index (χ2n) is 3.93. The first kappa shape index (κ1) is 14.0. The van der Waals surface area contributed by atoms with Crippen LogP contribution in [0, 0.1) is 0 Å². The van der Waals surface area contributed by atoms with Gasteiger partial charge in [-0.2, -0.15) is 0 Å². The molecule has 0 atom stereocenters. The van der Waals surface area contributed by atoms with E-state index in [-0.39, 0.29) is 18.0 Å². The molecular weight excluding hydrogens is 230 g/mol. The quantitative estimate of drug-likeness (QED) is 0.474. The van der Waals surface area contributed by atoms with Crippen LogP contribution in [0.1, 0.15) is 37.0 Å². The first-order chi connectivity index (χ1) is 8.56. The van der Waals surface area contributed by atoms with Gasteiger partial charge in [-0.05, 0) is 37.1 Å². The number of nitrogens with zero attached hydrogens (tertiary/aromatic N) is 1. The second kappa shape index (κ2) is 6.64. The molecule has 1 aromatic rings. The lowest BCUT2D eigenvalue weighted by Crippen LogP contribution is -2.21. The highest BCUT2D eigenvalue weighted by Gasteiger charge is 2.12. The van der Waals surface area contributed by atoms with E-state index in [4.69, 9.17) is 16.2 Å². The first-order valence-corrected chi connectivity index (χ1v) is 5.97. The van der Waals surface area contributed by atoms with E-state index in [2.05, 4.69) is 4.99 Å². The summed E-state index contributed by atoms with van der Waals surface area (Å²) in [5.41, 5.74) is 11.6. The van der Waals surface area contributed by atoms with E-state index < -0.39 is 0 Å². The maximum Gasteiger partial charge on any atom is 0.338 e. The lowest BCUT2D eigenvalue weighted by atomic mass is 10.2. The van der Waals surface area contributed by atoms with Gasteiger partial charge in [0, 0.05) is 0 Å². The zero-order chi connectivity index (χ0) is 13.5. The molecule has 0 aliphatic rings. The van der Waals surface area contributed by atoms with Gasteiger partial charge in [0.05, 0.1) is 11.3 Å². The number of esters is 1. The third kappa shape index (κ3) is 4.08. The lowest BCUT2D eigenvalue weighted by Gasteiger charge is -2.13. The molecule has 0 aromatic heterocycles. The zero-order valence-corrected chi connectivity index (χ0v) is 10.7. The predicted molar refractivity (Wildman–Crippen MR) is 71.7 cm³/mol. The number of ether oxygens (including phenoxy) is 1. The normalized spacial score (nSPS) is 10.2. The number of carbonyl (C=O) groups is 1. The summed E-state index contributed by atoms with van der Waals surface area (Å²) in [4.78, 5) is 15.7. The number of benzene rings is 1. The van der Waals surface area contributed by atoms with Crippen molar-refractivity contribution in [3.8, 4) is 0 Å². The molecule has 1 aromatic carbocycles. The third-order valence-electron chi connectivity index (χ3n) is 2.55. The fourth-order valence-electron chi connectivity index (χ4n) is 1.50. The summed E-state index contributed by atoms with van der Waals surface area (Å²) < 4.78 is 5.33. The highest BCUT2D eigenvalue weighted by atomic mass is 16.5. The smallest absolute Gasteiger partial charge is 0.338 e. The van der Waals surface area contributed by atoms with Crippen LogP contribution in [0.5, 0.6) is 0 Å². The van der Waals surface area contributed by atoms with E-state index in [1.807, 2.05) is 13.8 Å². The average molecular weight is 249 g/mol. The first-order valence-electron chi connectivity index (χ1n) is 5.97. The van der Waals surface area contributed by atoms with Crippen molar-refractivity contribution in [3.63, 3.8) is 0 Å². The van der Waals surface area contributed by atoms with Crippen LogP contribution in [0.15, 0.2) is 29.3 Å². The van der Waals surface area contributed by atoms with Crippen molar-refractivity contribution < 1.29 is 9.53 Å². The molecule has 0 fully saturated rings. The number of aliphatic imine (C=N–C) groups is 1. The number of hydrogen-bond acceptors (Lipinski definition) is 3. The van der Waals surface area contributed by atoms with Crippen molar-refractivity contribution in [1.29, 1.82) is 0 Å².